The molecule has 0 atom stereocenters. The third-order valence-corrected chi connectivity index (χ3v) is 7.74. The van der Waals surface area contributed by atoms with Crippen LogP contribution >= 0.6 is 22.9 Å². The molecular formula is C22H25ClN4O3S2. The number of halogens is 1. The zero-order chi connectivity index (χ0) is 23.5. The lowest BCUT2D eigenvalue weighted by Gasteiger charge is -2.22. The molecule has 10 heteroatoms. The summed E-state index contributed by atoms with van der Waals surface area (Å²) in [4.78, 5) is 19.7. The van der Waals surface area contributed by atoms with Crippen LogP contribution in [0.4, 0.5) is 16.5 Å². The van der Waals surface area contributed by atoms with E-state index in [1.807, 2.05) is 25.1 Å². The third-order valence-electron chi connectivity index (χ3n) is 4.94. The predicted octanol–water partition coefficient (Wildman–Crippen LogP) is 5.31. The van der Waals surface area contributed by atoms with Crippen LogP contribution in [0.2, 0.25) is 5.02 Å². The lowest BCUT2D eigenvalue weighted by molar-refractivity contribution is 0.102. The van der Waals surface area contributed by atoms with Crippen molar-refractivity contribution in [3.63, 3.8) is 0 Å². The number of nitrogens with zero attached hydrogens (tertiary/aromatic N) is 2. The van der Waals surface area contributed by atoms with Gasteiger partial charge in [0, 0.05) is 29.5 Å². The van der Waals surface area contributed by atoms with Crippen LogP contribution in [0.1, 0.15) is 34.8 Å². The van der Waals surface area contributed by atoms with E-state index in [9.17, 15) is 13.2 Å². The van der Waals surface area contributed by atoms with Gasteiger partial charge in [-0.25, -0.2) is 13.4 Å². The highest BCUT2D eigenvalue weighted by atomic mass is 35.5. The van der Waals surface area contributed by atoms with Crippen molar-refractivity contribution in [1.29, 1.82) is 0 Å². The summed E-state index contributed by atoms with van der Waals surface area (Å²) >= 11 is 6.81. The molecule has 0 spiro atoms. The van der Waals surface area contributed by atoms with Crippen LogP contribution in [0, 0.1) is 13.8 Å². The minimum atomic E-state index is -3.84. The summed E-state index contributed by atoms with van der Waals surface area (Å²) in [7, 11) is -3.84. The minimum absolute atomic E-state index is 0.0599. The summed E-state index contributed by atoms with van der Waals surface area (Å²) < 4.78 is 27.6. The van der Waals surface area contributed by atoms with Crippen molar-refractivity contribution in [3.8, 4) is 0 Å². The monoisotopic (exact) mass is 492 g/mol. The second kappa shape index (κ2) is 9.89. The Hall–Kier alpha value is -2.62. The number of thiazole rings is 1. The molecular weight excluding hydrogens is 468 g/mol. The first kappa shape index (κ1) is 24.0. The highest BCUT2D eigenvalue weighted by Crippen LogP contribution is 2.28. The van der Waals surface area contributed by atoms with Crippen LogP contribution in [-0.2, 0) is 10.0 Å². The second-order valence-corrected chi connectivity index (χ2v) is 10.2. The highest BCUT2D eigenvalue weighted by molar-refractivity contribution is 7.93. The van der Waals surface area contributed by atoms with Gasteiger partial charge >= 0.3 is 0 Å². The number of aromatic nitrogens is 1. The van der Waals surface area contributed by atoms with Crippen LogP contribution in [0.25, 0.3) is 0 Å². The van der Waals surface area contributed by atoms with E-state index >= 15 is 0 Å². The Morgan fingerprint density at radius 3 is 2.34 bits per heavy atom. The zero-order valence-corrected chi connectivity index (χ0v) is 20.7. The minimum Gasteiger partial charge on any atom is -0.372 e. The zero-order valence-electron chi connectivity index (χ0n) is 18.3. The molecule has 3 aromatic rings. The number of nitrogens with one attached hydrogen (secondary N) is 2. The molecule has 7 nitrogen and oxygen atoms in total. The SMILES string of the molecule is CCN(CC)c1ccc(NC(=O)c2sc(NS(=O)(=O)c3ccc(Cl)cc3)nc2C)c(C)c1. The van der Waals surface area contributed by atoms with Crippen molar-refractivity contribution in [2.45, 2.75) is 32.6 Å². The van der Waals surface area contributed by atoms with Gasteiger partial charge in [-0.15, -0.1) is 0 Å². The van der Waals surface area contributed by atoms with E-state index in [2.05, 4.69) is 33.8 Å². The Kier molecular flexibility index (Phi) is 7.43. The van der Waals surface area contributed by atoms with Crippen molar-refractivity contribution in [1.82, 2.24) is 4.98 Å². The molecule has 0 saturated heterocycles. The molecule has 0 bridgehead atoms. The number of aryl methyl sites for hydroxylation is 2. The summed E-state index contributed by atoms with van der Waals surface area (Å²) in [5.41, 5.74) is 3.17. The van der Waals surface area contributed by atoms with Crippen LogP contribution < -0.4 is 14.9 Å². The smallest absolute Gasteiger partial charge is 0.267 e. The molecule has 0 aliphatic rings. The van der Waals surface area contributed by atoms with Gasteiger partial charge < -0.3 is 10.2 Å². The van der Waals surface area contributed by atoms with Gasteiger partial charge in [0.2, 0.25) is 0 Å². The molecule has 1 amide bonds. The van der Waals surface area contributed by atoms with Gasteiger partial charge in [-0.05, 0) is 75.7 Å². The van der Waals surface area contributed by atoms with Crippen molar-refractivity contribution in [2.75, 3.05) is 28.0 Å². The molecule has 1 aromatic heterocycles. The Morgan fingerprint density at radius 1 is 1.09 bits per heavy atom. The first-order valence-corrected chi connectivity index (χ1v) is 12.7. The number of hydrogen-bond donors (Lipinski definition) is 2. The predicted molar refractivity (Wildman–Crippen MR) is 132 cm³/mol. The second-order valence-electron chi connectivity index (χ2n) is 7.12. The van der Waals surface area contributed by atoms with Crippen LogP contribution in [-0.4, -0.2) is 32.4 Å². The topological polar surface area (TPSA) is 91.4 Å². The summed E-state index contributed by atoms with van der Waals surface area (Å²) in [5, 5.41) is 3.46. The van der Waals surface area contributed by atoms with E-state index in [0.29, 0.717) is 21.3 Å². The molecule has 0 aliphatic heterocycles. The van der Waals surface area contributed by atoms with Crippen molar-refractivity contribution in [3.05, 3.63) is 63.6 Å². The maximum absolute atomic E-state index is 12.9. The number of benzene rings is 2. The quantitative estimate of drug-likeness (QED) is 0.444. The molecule has 1 heterocycles. The molecule has 0 unspecified atom stereocenters. The molecule has 0 fully saturated rings. The third kappa shape index (κ3) is 5.40. The van der Waals surface area contributed by atoms with Gasteiger partial charge in [-0.3, -0.25) is 9.52 Å². The Bertz CT molecular complexity index is 1220. The number of sulfonamides is 1. The van der Waals surface area contributed by atoms with Gasteiger partial charge in [0.05, 0.1) is 10.6 Å². The lowest BCUT2D eigenvalue weighted by Crippen LogP contribution is -2.22. The van der Waals surface area contributed by atoms with E-state index in [4.69, 9.17) is 11.6 Å². The van der Waals surface area contributed by atoms with E-state index in [-0.39, 0.29) is 15.9 Å². The van der Waals surface area contributed by atoms with Gasteiger partial charge in [0.15, 0.2) is 5.13 Å². The Balaban J connectivity index is 1.77. The molecule has 3 rings (SSSR count). The Morgan fingerprint density at radius 2 is 1.75 bits per heavy atom. The maximum Gasteiger partial charge on any atom is 0.267 e. The summed E-state index contributed by atoms with van der Waals surface area (Å²) in [6.07, 6.45) is 0. The molecule has 0 saturated carbocycles. The largest absolute Gasteiger partial charge is 0.372 e. The Labute approximate surface area is 197 Å². The van der Waals surface area contributed by atoms with E-state index in [1.54, 1.807) is 6.92 Å². The molecule has 0 radical (unpaired) electrons. The first-order chi connectivity index (χ1) is 15.1. The van der Waals surface area contributed by atoms with Gasteiger partial charge in [0.25, 0.3) is 15.9 Å². The number of rotatable bonds is 8. The van der Waals surface area contributed by atoms with E-state index in [1.165, 1.54) is 24.3 Å². The fraction of sp³-hybridized carbons (Fsp3) is 0.273. The summed E-state index contributed by atoms with van der Waals surface area (Å²) in [6.45, 7) is 9.60. The number of carbonyl (C=O) groups excluding carboxylic acids is 1. The normalized spacial score (nSPS) is 11.3. The van der Waals surface area contributed by atoms with Gasteiger partial charge in [-0.2, -0.15) is 0 Å². The van der Waals surface area contributed by atoms with E-state index < -0.39 is 10.0 Å². The molecule has 2 N–H and O–H groups in total. The summed E-state index contributed by atoms with van der Waals surface area (Å²) in [6, 6.07) is 11.7. The molecule has 2 aromatic carbocycles. The van der Waals surface area contributed by atoms with Crippen LogP contribution in [0.5, 0.6) is 0 Å². The number of carbonyl (C=O) groups is 1. The average Bonchev–Trinajstić information content (AvgIpc) is 3.10. The highest BCUT2D eigenvalue weighted by Gasteiger charge is 2.21. The van der Waals surface area contributed by atoms with Gasteiger partial charge in [0.1, 0.15) is 4.88 Å². The lowest BCUT2D eigenvalue weighted by atomic mass is 10.1. The van der Waals surface area contributed by atoms with Crippen molar-refractivity contribution < 1.29 is 13.2 Å². The molecule has 32 heavy (non-hydrogen) atoms. The maximum atomic E-state index is 12.9. The van der Waals surface area contributed by atoms with Crippen LogP contribution in [0.3, 0.4) is 0 Å². The van der Waals surface area contributed by atoms with Crippen molar-refractivity contribution in [2.24, 2.45) is 0 Å². The number of amides is 1. The van der Waals surface area contributed by atoms with Crippen LogP contribution in [0.15, 0.2) is 47.4 Å². The van der Waals surface area contributed by atoms with Gasteiger partial charge in [-0.1, -0.05) is 22.9 Å². The fourth-order valence-corrected chi connectivity index (χ4v) is 5.41. The number of hydrogen-bond acceptors (Lipinski definition) is 6. The number of anilines is 3. The van der Waals surface area contributed by atoms with E-state index in [0.717, 1.165) is 35.7 Å². The standard InChI is InChI=1S/C22H25ClN4O3S2/c1-5-27(6-2)17-9-12-19(14(3)13-17)25-21(28)20-15(4)24-22(31-20)26-32(29,30)18-10-7-16(23)8-11-18/h7-13H,5-6H2,1-4H3,(H,24,26)(H,25,28). The molecule has 0 aliphatic carbocycles. The average molecular weight is 493 g/mol. The summed E-state index contributed by atoms with van der Waals surface area (Å²) in [5.74, 6) is -0.337. The van der Waals surface area contributed by atoms with Crippen molar-refractivity contribution >= 4 is 55.4 Å². The fourth-order valence-electron chi connectivity index (χ4n) is 3.19. The first-order valence-electron chi connectivity index (χ1n) is 10.1. The molecule has 170 valence electrons.